The highest BCUT2D eigenvalue weighted by atomic mass is 35.5. The van der Waals surface area contributed by atoms with Gasteiger partial charge >= 0.3 is 5.97 Å². The molecule has 0 unspecified atom stereocenters. The van der Waals surface area contributed by atoms with Crippen LogP contribution < -0.4 is 5.32 Å². The summed E-state index contributed by atoms with van der Waals surface area (Å²) in [6, 6.07) is 5.65. The summed E-state index contributed by atoms with van der Waals surface area (Å²) >= 11 is 5.69. The normalized spacial score (nSPS) is 11.0. The van der Waals surface area contributed by atoms with Crippen molar-refractivity contribution < 1.29 is 27.5 Å². The summed E-state index contributed by atoms with van der Waals surface area (Å²) in [5.74, 6) is -1.64. The van der Waals surface area contributed by atoms with Crippen molar-refractivity contribution in [3.63, 3.8) is 0 Å². The predicted octanol–water partition coefficient (Wildman–Crippen LogP) is 0.810. The van der Waals surface area contributed by atoms with Crippen LogP contribution >= 0.6 is 11.6 Å². The first-order valence-corrected chi connectivity index (χ1v) is 8.78. The van der Waals surface area contributed by atoms with Gasteiger partial charge in [-0.25, -0.2) is 8.42 Å². The number of halogens is 1. The Balaban J connectivity index is 2.37. The van der Waals surface area contributed by atoms with E-state index in [0.29, 0.717) is 18.2 Å². The number of nitrogens with one attached hydrogen (secondary N) is 1. The molecule has 128 valence electrons. The molecule has 0 saturated carbocycles. The van der Waals surface area contributed by atoms with Crippen molar-refractivity contribution in [3.8, 4) is 0 Å². The molecule has 23 heavy (non-hydrogen) atoms. The van der Waals surface area contributed by atoms with E-state index in [0.717, 1.165) is 0 Å². The van der Waals surface area contributed by atoms with Crippen LogP contribution in [-0.2, 0) is 28.9 Å². The summed E-state index contributed by atoms with van der Waals surface area (Å²) in [6.07, 6.45) is -0.337. The van der Waals surface area contributed by atoms with Crippen molar-refractivity contribution in [2.75, 3.05) is 32.6 Å². The number of esters is 1. The van der Waals surface area contributed by atoms with Gasteiger partial charge in [-0.1, -0.05) is 11.6 Å². The Hall–Kier alpha value is -1.64. The van der Waals surface area contributed by atoms with Crippen LogP contribution in [0, 0.1) is 0 Å². The maximum Gasteiger partial charge on any atom is 0.307 e. The second-order valence-corrected chi connectivity index (χ2v) is 7.07. The van der Waals surface area contributed by atoms with Gasteiger partial charge in [-0.3, -0.25) is 9.59 Å². The molecule has 0 aromatic heterocycles. The van der Waals surface area contributed by atoms with E-state index in [1.807, 2.05) is 0 Å². The minimum Gasteiger partial charge on any atom is -0.456 e. The van der Waals surface area contributed by atoms with Crippen molar-refractivity contribution in [2.24, 2.45) is 0 Å². The Kier molecular flexibility index (Phi) is 8.01. The number of carbonyl (C=O) groups is 2. The Morgan fingerprint density at radius 1 is 1.22 bits per heavy atom. The molecule has 9 heteroatoms. The van der Waals surface area contributed by atoms with Crippen LogP contribution in [0.25, 0.3) is 0 Å². The van der Waals surface area contributed by atoms with E-state index in [4.69, 9.17) is 21.1 Å². The Morgan fingerprint density at radius 2 is 1.87 bits per heavy atom. The second kappa shape index (κ2) is 9.49. The molecular formula is C14H18ClNO6S. The lowest BCUT2D eigenvalue weighted by molar-refractivity contribution is -0.148. The number of methoxy groups -OCH3 is 1. The molecule has 1 N–H and O–H groups in total. The van der Waals surface area contributed by atoms with Crippen LogP contribution in [0.2, 0.25) is 5.02 Å². The van der Waals surface area contributed by atoms with Gasteiger partial charge in [0, 0.05) is 18.7 Å². The zero-order chi connectivity index (χ0) is 17.3. The average molecular weight is 364 g/mol. The lowest BCUT2D eigenvalue weighted by Crippen LogP contribution is -2.31. The van der Waals surface area contributed by atoms with E-state index in [-0.39, 0.29) is 11.3 Å². The fourth-order valence-electron chi connectivity index (χ4n) is 1.54. The summed E-state index contributed by atoms with van der Waals surface area (Å²) in [6.45, 7) is 0.195. The zero-order valence-electron chi connectivity index (χ0n) is 12.6. The lowest BCUT2D eigenvalue weighted by atomic mass is 10.4. The molecule has 0 radical (unpaired) electrons. The van der Waals surface area contributed by atoms with Gasteiger partial charge in [0.1, 0.15) is 0 Å². The Labute approximate surface area is 139 Å². The first-order valence-electron chi connectivity index (χ1n) is 6.75. The van der Waals surface area contributed by atoms with Gasteiger partial charge in [0.15, 0.2) is 16.4 Å². The molecule has 0 heterocycles. The maximum atomic E-state index is 12.0. The van der Waals surface area contributed by atoms with Gasteiger partial charge in [0.25, 0.3) is 5.91 Å². The van der Waals surface area contributed by atoms with Gasteiger partial charge < -0.3 is 14.8 Å². The van der Waals surface area contributed by atoms with Gasteiger partial charge in [-0.2, -0.15) is 0 Å². The fourth-order valence-corrected chi connectivity index (χ4v) is 2.89. The summed E-state index contributed by atoms with van der Waals surface area (Å²) in [4.78, 5) is 22.9. The van der Waals surface area contributed by atoms with Crippen LogP contribution in [0.4, 0.5) is 0 Å². The quantitative estimate of drug-likeness (QED) is 0.515. The van der Waals surface area contributed by atoms with Crippen LogP contribution in [-0.4, -0.2) is 52.9 Å². The molecule has 0 aliphatic rings. The highest BCUT2D eigenvalue weighted by Gasteiger charge is 2.17. The lowest BCUT2D eigenvalue weighted by Gasteiger charge is -2.07. The summed E-state index contributed by atoms with van der Waals surface area (Å²) in [5.41, 5.74) is 0. The van der Waals surface area contributed by atoms with Crippen molar-refractivity contribution in [2.45, 2.75) is 11.3 Å². The third kappa shape index (κ3) is 7.45. The van der Waals surface area contributed by atoms with Gasteiger partial charge in [0.05, 0.1) is 23.7 Å². The van der Waals surface area contributed by atoms with Gasteiger partial charge in [0.2, 0.25) is 0 Å². The van der Waals surface area contributed by atoms with Crippen molar-refractivity contribution in [1.82, 2.24) is 5.32 Å². The van der Waals surface area contributed by atoms with E-state index < -0.39 is 34.1 Å². The number of hydrogen-bond donors (Lipinski definition) is 1. The minimum absolute atomic E-state index is 0.0759. The molecular weight excluding hydrogens is 346 g/mol. The summed E-state index contributed by atoms with van der Waals surface area (Å²) in [5, 5.41) is 2.89. The molecule has 0 fully saturated rings. The number of carbonyl (C=O) groups excluding carboxylic acids is 2. The molecule has 0 bridgehead atoms. The van der Waals surface area contributed by atoms with Gasteiger partial charge in [-0.15, -0.1) is 0 Å². The minimum atomic E-state index is -3.60. The first-order chi connectivity index (χ1) is 10.8. The highest BCUT2D eigenvalue weighted by molar-refractivity contribution is 7.91. The molecule has 1 aromatic carbocycles. The van der Waals surface area contributed by atoms with Crippen LogP contribution in [0.15, 0.2) is 29.2 Å². The number of amides is 1. The molecule has 7 nitrogen and oxygen atoms in total. The van der Waals surface area contributed by atoms with E-state index in [2.05, 4.69) is 5.32 Å². The Bertz CT molecular complexity index is 629. The zero-order valence-corrected chi connectivity index (χ0v) is 14.2. The molecule has 0 atom stereocenters. The number of rotatable bonds is 9. The third-order valence-corrected chi connectivity index (χ3v) is 4.72. The maximum absolute atomic E-state index is 12.0. The molecule has 0 saturated heterocycles. The number of benzene rings is 1. The molecule has 1 rings (SSSR count). The predicted molar refractivity (Wildman–Crippen MR) is 84.0 cm³/mol. The number of ether oxygens (including phenoxy) is 2. The largest absolute Gasteiger partial charge is 0.456 e. The molecule has 0 aliphatic carbocycles. The van der Waals surface area contributed by atoms with E-state index in [1.54, 1.807) is 0 Å². The number of hydrogen-bond acceptors (Lipinski definition) is 6. The van der Waals surface area contributed by atoms with Crippen LogP contribution in [0.5, 0.6) is 0 Å². The molecule has 1 amide bonds. The van der Waals surface area contributed by atoms with Crippen LogP contribution in [0.3, 0.4) is 0 Å². The van der Waals surface area contributed by atoms with Crippen molar-refractivity contribution >= 4 is 33.3 Å². The van der Waals surface area contributed by atoms with Gasteiger partial charge in [-0.05, 0) is 24.3 Å². The second-order valence-electron chi connectivity index (χ2n) is 4.53. The molecule has 0 spiro atoms. The molecule has 1 aromatic rings. The van der Waals surface area contributed by atoms with E-state index in [9.17, 15) is 18.0 Å². The number of sulfone groups is 1. The Morgan fingerprint density at radius 3 is 2.48 bits per heavy atom. The van der Waals surface area contributed by atoms with E-state index in [1.165, 1.54) is 31.4 Å². The first kappa shape index (κ1) is 19.4. The van der Waals surface area contributed by atoms with Crippen LogP contribution in [0.1, 0.15) is 6.42 Å². The summed E-state index contributed by atoms with van der Waals surface area (Å²) in [7, 11) is -2.11. The fraction of sp³-hybridized carbons (Fsp3) is 0.429. The molecule has 0 aliphatic heterocycles. The topological polar surface area (TPSA) is 98.8 Å². The smallest absolute Gasteiger partial charge is 0.307 e. The average Bonchev–Trinajstić information content (AvgIpc) is 2.52. The SMILES string of the molecule is COCCNC(=O)COC(=O)CCS(=O)(=O)c1ccc(Cl)cc1. The monoisotopic (exact) mass is 363 g/mol. The van der Waals surface area contributed by atoms with Crippen molar-refractivity contribution in [3.05, 3.63) is 29.3 Å². The summed E-state index contributed by atoms with van der Waals surface area (Å²) < 4.78 is 33.5. The van der Waals surface area contributed by atoms with E-state index >= 15 is 0 Å². The van der Waals surface area contributed by atoms with Crippen molar-refractivity contribution in [1.29, 1.82) is 0 Å². The highest BCUT2D eigenvalue weighted by Crippen LogP contribution is 2.16. The third-order valence-electron chi connectivity index (χ3n) is 2.74. The standard InChI is InChI=1S/C14H18ClNO6S/c1-21-8-7-16-13(17)10-22-14(18)6-9-23(19,20)12-4-2-11(15)3-5-12/h2-5H,6-10H2,1H3,(H,16,17).